The van der Waals surface area contributed by atoms with E-state index in [1.165, 1.54) is 17.7 Å². The van der Waals surface area contributed by atoms with Crippen molar-refractivity contribution in [3.05, 3.63) is 53.1 Å². The second kappa shape index (κ2) is 4.83. The number of hydrogen-bond acceptors (Lipinski definition) is 2. The maximum Gasteiger partial charge on any atom is 0.135 e. The fourth-order valence-electron chi connectivity index (χ4n) is 4.94. The van der Waals surface area contributed by atoms with Crippen molar-refractivity contribution in [2.24, 2.45) is 11.3 Å². The average molecular weight is 334 g/mol. The normalized spacial score (nSPS) is 30.4. The van der Waals surface area contributed by atoms with Crippen LogP contribution in [0.1, 0.15) is 36.9 Å². The molecule has 0 amide bonds. The summed E-state index contributed by atoms with van der Waals surface area (Å²) in [6.07, 6.45) is 14.3. The molecule has 1 aromatic heterocycles. The maximum atomic E-state index is 13.2. The first-order valence-electron chi connectivity index (χ1n) is 8.81. The summed E-state index contributed by atoms with van der Waals surface area (Å²) < 4.78 is 15.1. The van der Waals surface area contributed by atoms with Crippen LogP contribution in [0.15, 0.2) is 36.0 Å². The quantitative estimate of drug-likeness (QED) is 0.854. The van der Waals surface area contributed by atoms with Gasteiger partial charge in [-0.3, -0.25) is 0 Å². The van der Waals surface area contributed by atoms with E-state index in [-0.39, 0.29) is 11.2 Å². The van der Waals surface area contributed by atoms with Gasteiger partial charge in [-0.15, -0.1) is 6.42 Å². The van der Waals surface area contributed by atoms with Crippen molar-refractivity contribution in [1.82, 2.24) is 9.78 Å². The molecule has 0 bridgehead atoms. The van der Waals surface area contributed by atoms with Crippen LogP contribution in [0.3, 0.4) is 0 Å². The van der Waals surface area contributed by atoms with Crippen molar-refractivity contribution in [2.75, 3.05) is 0 Å². The van der Waals surface area contributed by atoms with Gasteiger partial charge in [-0.25, -0.2) is 9.07 Å². The molecule has 1 heterocycles. The molecule has 25 heavy (non-hydrogen) atoms. The van der Waals surface area contributed by atoms with E-state index in [4.69, 9.17) is 6.42 Å². The third-order valence-corrected chi connectivity index (χ3v) is 6.32. The Kier molecular flexibility index (Phi) is 2.88. The molecule has 2 fully saturated rings. The van der Waals surface area contributed by atoms with Gasteiger partial charge in [0.1, 0.15) is 11.4 Å². The lowest BCUT2D eigenvalue weighted by atomic mass is 9.63. The smallest absolute Gasteiger partial charge is 0.135 e. The molecule has 1 unspecified atom stereocenters. The first-order chi connectivity index (χ1) is 12.1. The Hall–Kier alpha value is -2.38. The SMILES string of the molecule is C#C[C@]1(O)CCC2=Cc3c(cnn3-c3ccc(F)cc3)CC21C1CC1. The maximum absolute atomic E-state index is 13.2. The van der Waals surface area contributed by atoms with E-state index in [2.05, 4.69) is 17.1 Å². The lowest BCUT2D eigenvalue weighted by Gasteiger charge is -2.42. The molecule has 3 aliphatic carbocycles. The zero-order valence-electron chi connectivity index (χ0n) is 13.9. The van der Waals surface area contributed by atoms with Gasteiger partial charge in [-0.05, 0) is 73.9 Å². The van der Waals surface area contributed by atoms with Crippen molar-refractivity contribution < 1.29 is 9.50 Å². The number of nitrogens with zero attached hydrogens (tertiary/aromatic N) is 2. The van der Waals surface area contributed by atoms with E-state index in [0.717, 1.165) is 42.6 Å². The number of aromatic nitrogens is 2. The minimum absolute atomic E-state index is 0.259. The van der Waals surface area contributed by atoms with Crippen LogP contribution >= 0.6 is 0 Å². The first kappa shape index (κ1) is 14.9. The highest BCUT2D eigenvalue weighted by atomic mass is 19.1. The summed E-state index contributed by atoms with van der Waals surface area (Å²) in [5.74, 6) is 2.93. The van der Waals surface area contributed by atoms with E-state index in [0.29, 0.717) is 12.3 Å². The van der Waals surface area contributed by atoms with Crippen molar-refractivity contribution in [1.29, 1.82) is 0 Å². The highest BCUT2D eigenvalue weighted by Crippen LogP contribution is 2.65. The standard InChI is InChI=1S/C21H19FN2O/c1-2-20(25)10-9-16-11-19-14(12-21(16,20)15-3-4-15)13-23-24(19)18-7-5-17(22)6-8-18/h1,5-8,11,13,15,25H,3-4,9-10,12H2/t20-,21?/m0/s1. The van der Waals surface area contributed by atoms with Crippen LogP contribution in [0.25, 0.3) is 11.8 Å². The Bertz CT molecular complexity index is 932. The number of benzene rings is 1. The van der Waals surface area contributed by atoms with Crippen molar-refractivity contribution in [3.63, 3.8) is 0 Å². The van der Waals surface area contributed by atoms with Crippen LogP contribution in [0.4, 0.5) is 4.39 Å². The number of rotatable bonds is 2. The molecule has 1 aromatic carbocycles. The van der Waals surface area contributed by atoms with E-state index < -0.39 is 5.60 Å². The largest absolute Gasteiger partial charge is 0.377 e. The van der Waals surface area contributed by atoms with Gasteiger partial charge in [-0.2, -0.15) is 5.10 Å². The molecule has 2 atom stereocenters. The van der Waals surface area contributed by atoms with Gasteiger partial charge in [0.25, 0.3) is 0 Å². The predicted octanol–water partition coefficient (Wildman–Crippen LogP) is 3.51. The first-order valence-corrected chi connectivity index (χ1v) is 8.81. The van der Waals surface area contributed by atoms with Gasteiger partial charge >= 0.3 is 0 Å². The fourth-order valence-corrected chi connectivity index (χ4v) is 4.94. The second-order valence-corrected chi connectivity index (χ2v) is 7.54. The lowest BCUT2D eigenvalue weighted by molar-refractivity contribution is -0.00845. The summed E-state index contributed by atoms with van der Waals surface area (Å²) in [6.45, 7) is 0. The molecule has 0 saturated heterocycles. The third-order valence-electron chi connectivity index (χ3n) is 6.32. The average Bonchev–Trinajstić information content (AvgIpc) is 3.34. The van der Waals surface area contributed by atoms with E-state index in [1.54, 1.807) is 12.1 Å². The van der Waals surface area contributed by atoms with E-state index >= 15 is 0 Å². The third kappa shape index (κ3) is 1.88. The molecule has 3 aliphatic rings. The van der Waals surface area contributed by atoms with Gasteiger partial charge in [0.2, 0.25) is 0 Å². The van der Waals surface area contributed by atoms with Crippen LogP contribution in [0.2, 0.25) is 0 Å². The predicted molar refractivity (Wildman–Crippen MR) is 93.4 cm³/mol. The molecule has 0 spiro atoms. The van der Waals surface area contributed by atoms with Crippen molar-refractivity contribution in [3.8, 4) is 18.0 Å². The Labute approximate surface area is 146 Å². The molecular weight excluding hydrogens is 315 g/mol. The van der Waals surface area contributed by atoms with Gasteiger partial charge in [0, 0.05) is 5.41 Å². The number of terminal acetylenes is 1. The topological polar surface area (TPSA) is 38.1 Å². The summed E-state index contributed by atoms with van der Waals surface area (Å²) in [6, 6.07) is 6.35. The molecule has 1 N–H and O–H groups in total. The lowest BCUT2D eigenvalue weighted by Crippen LogP contribution is -2.47. The van der Waals surface area contributed by atoms with Gasteiger partial charge in [0.05, 0.1) is 17.6 Å². The van der Waals surface area contributed by atoms with Gasteiger partial charge in [-0.1, -0.05) is 11.5 Å². The summed E-state index contributed by atoms with van der Waals surface area (Å²) in [4.78, 5) is 0. The summed E-state index contributed by atoms with van der Waals surface area (Å²) in [5.41, 5.74) is 2.84. The summed E-state index contributed by atoms with van der Waals surface area (Å²) in [7, 11) is 0. The van der Waals surface area contributed by atoms with Crippen LogP contribution in [-0.2, 0) is 6.42 Å². The molecule has 5 rings (SSSR count). The van der Waals surface area contributed by atoms with Gasteiger partial charge < -0.3 is 5.11 Å². The van der Waals surface area contributed by atoms with Crippen LogP contribution in [0.5, 0.6) is 0 Å². The Morgan fingerprint density at radius 3 is 2.72 bits per heavy atom. The van der Waals surface area contributed by atoms with Crippen molar-refractivity contribution in [2.45, 2.75) is 37.7 Å². The van der Waals surface area contributed by atoms with E-state index in [1.807, 2.05) is 10.9 Å². The molecule has 4 heteroatoms. The van der Waals surface area contributed by atoms with Crippen LogP contribution in [0, 0.1) is 29.5 Å². The Morgan fingerprint density at radius 2 is 2.04 bits per heavy atom. The fraction of sp³-hybridized carbons (Fsp3) is 0.381. The molecular formula is C21H19FN2O. The zero-order chi connectivity index (χ0) is 17.2. The van der Waals surface area contributed by atoms with Crippen molar-refractivity contribution >= 4 is 6.08 Å². The number of aliphatic hydroxyl groups is 1. The molecule has 0 radical (unpaired) electrons. The Morgan fingerprint density at radius 1 is 1.28 bits per heavy atom. The monoisotopic (exact) mass is 334 g/mol. The molecule has 2 saturated carbocycles. The number of halogens is 1. The molecule has 3 nitrogen and oxygen atoms in total. The van der Waals surface area contributed by atoms with Crippen LogP contribution < -0.4 is 0 Å². The second-order valence-electron chi connectivity index (χ2n) is 7.54. The van der Waals surface area contributed by atoms with Gasteiger partial charge in [0.15, 0.2) is 0 Å². The van der Waals surface area contributed by atoms with E-state index in [9.17, 15) is 9.50 Å². The molecule has 2 aromatic rings. The molecule has 0 aliphatic heterocycles. The summed E-state index contributed by atoms with van der Waals surface area (Å²) >= 11 is 0. The highest BCUT2D eigenvalue weighted by Gasteiger charge is 2.63. The zero-order valence-corrected chi connectivity index (χ0v) is 13.9. The summed E-state index contributed by atoms with van der Waals surface area (Å²) in [5, 5.41) is 15.7. The Balaban J connectivity index is 1.65. The highest BCUT2D eigenvalue weighted by molar-refractivity contribution is 5.64. The number of fused-ring (bicyclic) bond motifs is 2. The number of hydrogen-bond donors (Lipinski definition) is 1. The molecule has 126 valence electrons. The minimum Gasteiger partial charge on any atom is -0.377 e. The minimum atomic E-state index is -1.06. The van der Waals surface area contributed by atoms with Crippen LogP contribution in [-0.4, -0.2) is 20.5 Å².